The first kappa shape index (κ1) is 15.1. The molecule has 1 fully saturated rings. The van der Waals surface area contributed by atoms with E-state index in [0.717, 1.165) is 25.7 Å². The Hall–Kier alpha value is -1.34. The van der Waals surface area contributed by atoms with Crippen molar-refractivity contribution in [1.82, 2.24) is 9.88 Å². The van der Waals surface area contributed by atoms with Gasteiger partial charge in [-0.3, -0.25) is 4.79 Å². The van der Waals surface area contributed by atoms with Gasteiger partial charge in [0.05, 0.1) is 6.61 Å². The van der Waals surface area contributed by atoms with E-state index in [4.69, 9.17) is 10.8 Å². The highest BCUT2D eigenvalue weighted by atomic mass is 32.1. The molecule has 0 bridgehead atoms. The number of carbonyl (C=O) groups excluding carboxylic acids is 1. The van der Waals surface area contributed by atoms with E-state index in [-0.39, 0.29) is 18.3 Å². The molecular formula is C13H22N4O2S. The van der Waals surface area contributed by atoms with Crippen molar-refractivity contribution in [1.29, 1.82) is 0 Å². The minimum Gasteiger partial charge on any atom is -0.395 e. The number of thiazole rings is 1. The molecule has 7 heteroatoms. The van der Waals surface area contributed by atoms with Gasteiger partial charge in [-0.05, 0) is 19.3 Å². The van der Waals surface area contributed by atoms with Crippen molar-refractivity contribution < 1.29 is 9.90 Å². The third-order valence-electron chi connectivity index (χ3n) is 3.19. The number of unbranched alkanes of at least 4 members (excludes halogenated alkanes) is 1. The average Bonchev–Trinajstić information content (AvgIpc) is 3.16. The quantitative estimate of drug-likeness (QED) is 0.677. The number of aliphatic hydroxyl groups excluding tert-OH is 1. The van der Waals surface area contributed by atoms with Gasteiger partial charge in [-0.1, -0.05) is 24.7 Å². The highest BCUT2D eigenvalue weighted by Gasteiger charge is 2.25. The van der Waals surface area contributed by atoms with Crippen LogP contribution < -0.4 is 11.1 Å². The molecule has 1 aromatic heterocycles. The van der Waals surface area contributed by atoms with Crippen LogP contribution in [0.4, 0.5) is 10.9 Å². The summed E-state index contributed by atoms with van der Waals surface area (Å²) in [7, 11) is 0. The molecule has 112 valence electrons. The molecule has 1 aromatic rings. The van der Waals surface area contributed by atoms with Crippen molar-refractivity contribution in [3.05, 3.63) is 4.88 Å². The summed E-state index contributed by atoms with van der Waals surface area (Å²) in [5.74, 6) is 0.147. The number of rotatable bonds is 8. The molecule has 2 rings (SSSR count). The molecule has 0 aromatic carbocycles. The van der Waals surface area contributed by atoms with Gasteiger partial charge in [0.15, 0.2) is 5.13 Å². The van der Waals surface area contributed by atoms with Crippen LogP contribution >= 0.6 is 11.3 Å². The Morgan fingerprint density at radius 1 is 1.55 bits per heavy atom. The monoisotopic (exact) mass is 298 g/mol. The van der Waals surface area contributed by atoms with Gasteiger partial charge >= 0.3 is 0 Å². The predicted molar refractivity (Wildman–Crippen MR) is 81.1 cm³/mol. The molecule has 1 heterocycles. The number of nitrogens with one attached hydrogen (secondary N) is 1. The molecule has 1 aliphatic carbocycles. The van der Waals surface area contributed by atoms with E-state index >= 15 is 0 Å². The molecule has 20 heavy (non-hydrogen) atoms. The maximum atomic E-state index is 12.5. The normalized spacial score (nSPS) is 14.3. The third-order valence-corrected chi connectivity index (χ3v) is 4.18. The first-order valence-electron chi connectivity index (χ1n) is 7.08. The number of aliphatic hydroxyl groups is 1. The minimum absolute atomic E-state index is 0.0403. The second kappa shape index (κ2) is 6.90. The van der Waals surface area contributed by atoms with E-state index in [9.17, 15) is 4.79 Å². The summed E-state index contributed by atoms with van der Waals surface area (Å²) < 4.78 is 0. The lowest BCUT2D eigenvalue weighted by molar-refractivity contribution is 0.0725. The minimum atomic E-state index is -0.133. The number of nitrogen functional groups attached to an aromatic ring is 1. The van der Waals surface area contributed by atoms with E-state index < -0.39 is 0 Å². The molecule has 0 spiro atoms. The van der Waals surface area contributed by atoms with Gasteiger partial charge in [-0.2, -0.15) is 0 Å². The molecule has 1 amide bonds. The zero-order valence-electron chi connectivity index (χ0n) is 11.8. The molecule has 6 nitrogen and oxygen atoms in total. The number of aromatic nitrogens is 1. The zero-order valence-corrected chi connectivity index (χ0v) is 12.6. The Balaban J connectivity index is 2.06. The standard InChI is InChI=1S/C13H22N4O2S/c1-2-3-6-17(7-8-18)12(19)10-11(14)16-13(20-10)15-9-4-5-9/h9,18H,2-8,14H2,1H3,(H,15,16). The maximum Gasteiger partial charge on any atom is 0.267 e. The number of carbonyl (C=O) groups is 1. The number of hydrogen-bond donors (Lipinski definition) is 3. The lowest BCUT2D eigenvalue weighted by Gasteiger charge is -2.20. The van der Waals surface area contributed by atoms with E-state index in [1.807, 2.05) is 0 Å². The van der Waals surface area contributed by atoms with Crippen molar-refractivity contribution in [2.75, 3.05) is 30.7 Å². The number of anilines is 2. The van der Waals surface area contributed by atoms with E-state index in [2.05, 4.69) is 17.2 Å². The van der Waals surface area contributed by atoms with Crippen molar-refractivity contribution in [2.24, 2.45) is 0 Å². The van der Waals surface area contributed by atoms with Crippen molar-refractivity contribution >= 4 is 28.2 Å². The highest BCUT2D eigenvalue weighted by Crippen LogP contribution is 2.31. The van der Waals surface area contributed by atoms with Crippen LogP contribution in [0.3, 0.4) is 0 Å². The van der Waals surface area contributed by atoms with Gasteiger partial charge < -0.3 is 21.1 Å². The second-order valence-electron chi connectivity index (χ2n) is 5.02. The van der Waals surface area contributed by atoms with Crippen LogP contribution in [0.5, 0.6) is 0 Å². The second-order valence-corrected chi connectivity index (χ2v) is 6.02. The van der Waals surface area contributed by atoms with Crippen LogP contribution in [-0.4, -0.2) is 46.6 Å². The Morgan fingerprint density at radius 2 is 2.30 bits per heavy atom. The number of hydrogen-bond acceptors (Lipinski definition) is 6. The number of nitrogens with two attached hydrogens (primary N) is 1. The molecule has 1 saturated carbocycles. The summed E-state index contributed by atoms with van der Waals surface area (Å²) >= 11 is 1.30. The van der Waals surface area contributed by atoms with Gasteiger partial charge in [0.2, 0.25) is 0 Å². The lowest BCUT2D eigenvalue weighted by atomic mass is 10.3. The summed E-state index contributed by atoms with van der Waals surface area (Å²) in [5, 5.41) is 13.1. The Morgan fingerprint density at radius 3 is 2.90 bits per heavy atom. The van der Waals surface area contributed by atoms with Crippen LogP contribution in [0, 0.1) is 0 Å². The van der Waals surface area contributed by atoms with Gasteiger partial charge in [0, 0.05) is 19.1 Å². The van der Waals surface area contributed by atoms with Crippen molar-refractivity contribution in [2.45, 2.75) is 38.6 Å². The summed E-state index contributed by atoms with van der Waals surface area (Å²) in [4.78, 5) is 18.8. The molecule has 0 radical (unpaired) electrons. The summed E-state index contributed by atoms with van der Waals surface area (Å²) in [6, 6.07) is 0.483. The lowest BCUT2D eigenvalue weighted by Crippen LogP contribution is -2.34. The third kappa shape index (κ3) is 3.83. The fraction of sp³-hybridized carbons (Fsp3) is 0.692. The fourth-order valence-electron chi connectivity index (χ4n) is 1.88. The van der Waals surface area contributed by atoms with Gasteiger partial charge in [0.1, 0.15) is 10.7 Å². The highest BCUT2D eigenvalue weighted by molar-refractivity contribution is 7.18. The molecule has 1 aliphatic rings. The predicted octanol–water partition coefficient (Wildman–Crippen LogP) is 1.53. The smallest absolute Gasteiger partial charge is 0.267 e. The first-order chi connectivity index (χ1) is 9.65. The van der Waals surface area contributed by atoms with E-state index in [1.54, 1.807) is 4.90 Å². The van der Waals surface area contributed by atoms with Crippen LogP contribution in [0.1, 0.15) is 42.3 Å². The van der Waals surface area contributed by atoms with Gasteiger partial charge in [-0.15, -0.1) is 0 Å². The molecule has 4 N–H and O–H groups in total. The Labute approximate surface area is 123 Å². The average molecular weight is 298 g/mol. The molecule has 0 aliphatic heterocycles. The molecular weight excluding hydrogens is 276 g/mol. The van der Waals surface area contributed by atoms with Crippen LogP contribution in [0.2, 0.25) is 0 Å². The Bertz CT molecular complexity index is 459. The molecule has 0 saturated heterocycles. The van der Waals surface area contributed by atoms with E-state index in [1.165, 1.54) is 11.3 Å². The summed E-state index contributed by atoms with van der Waals surface area (Å²) in [5.41, 5.74) is 5.85. The van der Waals surface area contributed by atoms with Crippen molar-refractivity contribution in [3.63, 3.8) is 0 Å². The SMILES string of the molecule is CCCCN(CCO)C(=O)c1sc(NC2CC2)nc1N. The van der Waals surface area contributed by atoms with Gasteiger partial charge in [0.25, 0.3) is 5.91 Å². The number of amides is 1. The van der Waals surface area contributed by atoms with Crippen LogP contribution in [0.15, 0.2) is 0 Å². The largest absolute Gasteiger partial charge is 0.395 e. The summed E-state index contributed by atoms with van der Waals surface area (Å²) in [6.07, 6.45) is 4.21. The first-order valence-corrected chi connectivity index (χ1v) is 7.90. The summed E-state index contributed by atoms with van der Waals surface area (Å²) in [6.45, 7) is 3.00. The maximum absolute atomic E-state index is 12.5. The topological polar surface area (TPSA) is 91.5 Å². The van der Waals surface area contributed by atoms with E-state index in [0.29, 0.717) is 29.1 Å². The molecule has 0 unspecified atom stereocenters. The Kier molecular flexibility index (Phi) is 5.19. The van der Waals surface area contributed by atoms with Crippen LogP contribution in [-0.2, 0) is 0 Å². The zero-order chi connectivity index (χ0) is 14.5. The van der Waals surface area contributed by atoms with Gasteiger partial charge in [-0.25, -0.2) is 4.98 Å². The number of nitrogens with zero attached hydrogens (tertiary/aromatic N) is 2. The molecule has 0 atom stereocenters. The fourth-order valence-corrected chi connectivity index (χ4v) is 2.81. The van der Waals surface area contributed by atoms with Crippen LogP contribution in [0.25, 0.3) is 0 Å². The van der Waals surface area contributed by atoms with Crippen molar-refractivity contribution in [3.8, 4) is 0 Å².